The summed E-state index contributed by atoms with van der Waals surface area (Å²) in [5.74, 6) is -0.311. The Morgan fingerprint density at radius 2 is 1.90 bits per heavy atom. The van der Waals surface area contributed by atoms with Gasteiger partial charge in [-0.25, -0.2) is 9.18 Å². The van der Waals surface area contributed by atoms with Crippen molar-refractivity contribution >= 4 is 6.09 Å². The molecule has 0 unspecified atom stereocenters. The molecule has 0 radical (unpaired) electrons. The van der Waals surface area contributed by atoms with E-state index in [-0.39, 0.29) is 11.9 Å². The van der Waals surface area contributed by atoms with E-state index < -0.39 is 6.10 Å². The molecule has 1 amide bonds. The highest BCUT2D eigenvalue weighted by Gasteiger charge is 2.23. The van der Waals surface area contributed by atoms with Gasteiger partial charge in [0.15, 0.2) is 0 Å². The molecule has 2 rings (SSSR count). The Morgan fingerprint density at radius 1 is 1.29 bits per heavy atom. The van der Waals surface area contributed by atoms with Crippen molar-refractivity contribution in [2.75, 3.05) is 39.3 Å². The van der Waals surface area contributed by atoms with Crippen LogP contribution in [-0.4, -0.2) is 60.3 Å². The largest absolute Gasteiger partial charge is 0.450 e. The maximum absolute atomic E-state index is 12.8. The van der Waals surface area contributed by atoms with E-state index in [1.807, 2.05) is 0 Å². The Morgan fingerprint density at radius 3 is 2.48 bits per heavy atom. The zero-order valence-corrected chi connectivity index (χ0v) is 12.2. The van der Waals surface area contributed by atoms with Crippen LogP contribution in [0.4, 0.5) is 9.18 Å². The number of ether oxygens (including phenoxy) is 1. The molecule has 1 saturated heterocycles. The number of amides is 1. The molecule has 1 aliphatic rings. The first-order chi connectivity index (χ1) is 10.1. The van der Waals surface area contributed by atoms with Crippen LogP contribution in [0.25, 0.3) is 0 Å². The number of carbonyl (C=O) groups excluding carboxylic acids is 1. The number of β-amino-alcohol motifs (C(OH)–C–C–N with tert-alkyl or cyclic N) is 1. The lowest BCUT2D eigenvalue weighted by molar-refractivity contribution is 0.0578. The molecule has 0 aromatic heterocycles. The summed E-state index contributed by atoms with van der Waals surface area (Å²) in [4.78, 5) is 15.3. The van der Waals surface area contributed by atoms with E-state index in [1.54, 1.807) is 24.0 Å². The number of halogens is 1. The van der Waals surface area contributed by atoms with Crippen molar-refractivity contribution in [2.45, 2.75) is 13.0 Å². The third-order valence-electron chi connectivity index (χ3n) is 3.58. The van der Waals surface area contributed by atoms with Crippen LogP contribution in [0.2, 0.25) is 0 Å². The van der Waals surface area contributed by atoms with Crippen LogP contribution >= 0.6 is 0 Å². The average molecular weight is 296 g/mol. The minimum absolute atomic E-state index is 0.281. The van der Waals surface area contributed by atoms with E-state index in [0.717, 1.165) is 0 Å². The van der Waals surface area contributed by atoms with Crippen molar-refractivity contribution in [3.63, 3.8) is 0 Å². The summed E-state index contributed by atoms with van der Waals surface area (Å²) in [6, 6.07) is 5.87. The van der Waals surface area contributed by atoms with Crippen molar-refractivity contribution < 1.29 is 19.0 Å². The molecule has 1 heterocycles. The van der Waals surface area contributed by atoms with Crippen molar-refractivity contribution in [1.29, 1.82) is 0 Å². The lowest BCUT2D eigenvalue weighted by Gasteiger charge is -2.35. The Balaban J connectivity index is 1.80. The normalized spacial score (nSPS) is 17.6. The number of hydrogen-bond donors (Lipinski definition) is 1. The van der Waals surface area contributed by atoms with Crippen LogP contribution in [0, 0.1) is 5.82 Å². The Bertz CT molecular complexity index is 458. The number of aliphatic hydroxyl groups excluding tert-OH is 1. The molecular weight excluding hydrogens is 275 g/mol. The second-order valence-electron chi connectivity index (χ2n) is 5.05. The molecule has 0 spiro atoms. The fourth-order valence-electron chi connectivity index (χ4n) is 2.36. The van der Waals surface area contributed by atoms with Crippen molar-refractivity contribution in [3.05, 3.63) is 35.6 Å². The zero-order chi connectivity index (χ0) is 15.2. The van der Waals surface area contributed by atoms with Crippen LogP contribution in [-0.2, 0) is 4.74 Å². The summed E-state index contributed by atoms with van der Waals surface area (Å²) in [5, 5.41) is 10.2. The van der Waals surface area contributed by atoms with Crippen molar-refractivity contribution in [1.82, 2.24) is 9.80 Å². The number of piperazine rings is 1. The van der Waals surface area contributed by atoms with Gasteiger partial charge in [0.05, 0.1) is 12.7 Å². The number of hydrogen-bond acceptors (Lipinski definition) is 4. The molecular formula is C15H21FN2O3. The van der Waals surface area contributed by atoms with E-state index in [0.29, 0.717) is 44.9 Å². The van der Waals surface area contributed by atoms with E-state index in [2.05, 4.69) is 4.90 Å². The summed E-state index contributed by atoms with van der Waals surface area (Å²) >= 11 is 0. The van der Waals surface area contributed by atoms with Crippen LogP contribution in [0.5, 0.6) is 0 Å². The minimum atomic E-state index is -0.653. The fourth-order valence-corrected chi connectivity index (χ4v) is 2.36. The van der Waals surface area contributed by atoms with E-state index in [1.165, 1.54) is 12.1 Å². The Kier molecular flexibility index (Phi) is 5.52. The summed E-state index contributed by atoms with van der Waals surface area (Å²) in [5.41, 5.74) is 0.698. The highest BCUT2D eigenvalue weighted by atomic mass is 19.1. The van der Waals surface area contributed by atoms with Gasteiger partial charge in [-0.3, -0.25) is 4.90 Å². The van der Waals surface area contributed by atoms with Gasteiger partial charge in [0, 0.05) is 32.7 Å². The molecule has 1 N–H and O–H groups in total. The van der Waals surface area contributed by atoms with Crippen LogP contribution in [0.15, 0.2) is 24.3 Å². The monoisotopic (exact) mass is 296 g/mol. The van der Waals surface area contributed by atoms with Crippen molar-refractivity contribution in [3.8, 4) is 0 Å². The summed E-state index contributed by atoms with van der Waals surface area (Å²) in [7, 11) is 0. The van der Waals surface area contributed by atoms with Gasteiger partial charge in [-0.15, -0.1) is 0 Å². The van der Waals surface area contributed by atoms with Gasteiger partial charge in [0.2, 0.25) is 0 Å². The third kappa shape index (κ3) is 4.41. The van der Waals surface area contributed by atoms with Gasteiger partial charge >= 0.3 is 6.09 Å². The van der Waals surface area contributed by atoms with E-state index in [4.69, 9.17) is 4.74 Å². The maximum Gasteiger partial charge on any atom is 0.409 e. The first-order valence-electron chi connectivity index (χ1n) is 7.17. The smallest absolute Gasteiger partial charge is 0.409 e. The fraction of sp³-hybridized carbons (Fsp3) is 0.533. The lowest BCUT2D eigenvalue weighted by atomic mass is 10.1. The quantitative estimate of drug-likeness (QED) is 0.917. The maximum atomic E-state index is 12.8. The van der Waals surface area contributed by atoms with Gasteiger partial charge in [-0.2, -0.15) is 0 Å². The number of rotatable bonds is 4. The number of carbonyl (C=O) groups is 1. The average Bonchev–Trinajstić information content (AvgIpc) is 2.49. The van der Waals surface area contributed by atoms with Gasteiger partial charge < -0.3 is 14.7 Å². The second kappa shape index (κ2) is 7.38. The predicted octanol–water partition coefficient (Wildman–Crippen LogP) is 1.63. The highest BCUT2D eigenvalue weighted by molar-refractivity contribution is 5.67. The molecule has 5 nitrogen and oxygen atoms in total. The summed E-state index contributed by atoms with van der Waals surface area (Å²) in [6.07, 6.45) is -0.934. The first kappa shape index (κ1) is 15.7. The summed E-state index contributed by atoms with van der Waals surface area (Å²) in [6.45, 7) is 5.20. The number of benzene rings is 1. The topological polar surface area (TPSA) is 53.0 Å². The van der Waals surface area contributed by atoms with E-state index >= 15 is 0 Å². The predicted molar refractivity (Wildman–Crippen MR) is 76.4 cm³/mol. The molecule has 0 bridgehead atoms. The molecule has 21 heavy (non-hydrogen) atoms. The Hall–Kier alpha value is -1.66. The Labute approximate surface area is 123 Å². The lowest BCUT2D eigenvalue weighted by Crippen LogP contribution is -2.49. The number of nitrogens with zero attached hydrogens (tertiary/aromatic N) is 2. The van der Waals surface area contributed by atoms with E-state index in [9.17, 15) is 14.3 Å². The molecule has 1 aliphatic heterocycles. The molecule has 1 atom stereocenters. The SMILES string of the molecule is CCOC(=O)N1CCN(C[C@H](O)c2ccc(F)cc2)CC1. The second-order valence-corrected chi connectivity index (χ2v) is 5.05. The van der Waals surface area contributed by atoms with Gasteiger partial charge in [-0.1, -0.05) is 12.1 Å². The standard InChI is InChI=1S/C15H21FN2O3/c1-2-21-15(20)18-9-7-17(8-10-18)11-14(19)12-3-5-13(16)6-4-12/h3-6,14,19H,2,7-11H2,1H3/t14-/m0/s1. The molecule has 0 aliphatic carbocycles. The molecule has 116 valence electrons. The number of aliphatic hydroxyl groups is 1. The first-order valence-corrected chi connectivity index (χ1v) is 7.17. The molecule has 1 fully saturated rings. The summed E-state index contributed by atoms with van der Waals surface area (Å²) < 4.78 is 17.8. The zero-order valence-electron chi connectivity index (χ0n) is 12.2. The van der Waals surface area contributed by atoms with Crippen LogP contribution in [0.1, 0.15) is 18.6 Å². The third-order valence-corrected chi connectivity index (χ3v) is 3.58. The van der Waals surface area contributed by atoms with Crippen LogP contribution in [0.3, 0.4) is 0 Å². The molecule has 1 aromatic carbocycles. The minimum Gasteiger partial charge on any atom is -0.450 e. The highest BCUT2D eigenvalue weighted by Crippen LogP contribution is 2.16. The van der Waals surface area contributed by atoms with Gasteiger partial charge in [0.25, 0.3) is 0 Å². The van der Waals surface area contributed by atoms with Crippen LogP contribution < -0.4 is 0 Å². The molecule has 1 aromatic rings. The van der Waals surface area contributed by atoms with Gasteiger partial charge in [-0.05, 0) is 24.6 Å². The molecule has 0 saturated carbocycles. The van der Waals surface area contributed by atoms with Crippen molar-refractivity contribution in [2.24, 2.45) is 0 Å². The van der Waals surface area contributed by atoms with Gasteiger partial charge in [0.1, 0.15) is 5.82 Å². The molecule has 6 heteroatoms.